The molecule has 3 heterocycles. The Bertz CT molecular complexity index is 873. The predicted octanol–water partition coefficient (Wildman–Crippen LogP) is 1.85. The zero-order valence-electron chi connectivity index (χ0n) is 14.6. The minimum absolute atomic E-state index is 0.0205. The zero-order chi connectivity index (χ0) is 17.9. The Balaban J connectivity index is 1.37. The van der Waals surface area contributed by atoms with Gasteiger partial charge in [-0.3, -0.25) is 4.79 Å². The molecule has 7 heteroatoms. The monoisotopic (exact) mass is 353 g/mol. The number of benzene rings is 1. The lowest BCUT2D eigenvalue weighted by Gasteiger charge is -2.21. The van der Waals surface area contributed by atoms with Crippen molar-refractivity contribution in [2.75, 3.05) is 13.1 Å². The van der Waals surface area contributed by atoms with E-state index in [1.165, 1.54) is 0 Å². The van der Waals surface area contributed by atoms with Crippen molar-refractivity contribution in [3.8, 4) is 0 Å². The van der Waals surface area contributed by atoms with Crippen molar-refractivity contribution < 1.29 is 9.90 Å². The summed E-state index contributed by atoms with van der Waals surface area (Å²) in [5.74, 6) is 0.126. The van der Waals surface area contributed by atoms with Crippen LogP contribution >= 0.6 is 0 Å². The Morgan fingerprint density at radius 2 is 2.04 bits per heavy atom. The van der Waals surface area contributed by atoms with Crippen molar-refractivity contribution in [3.63, 3.8) is 0 Å². The van der Waals surface area contributed by atoms with Crippen LogP contribution in [0.1, 0.15) is 25.3 Å². The molecule has 1 fully saturated rings. The van der Waals surface area contributed by atoms with Gasteiger partial charge in [-0.05, 0) is 25.0 Å². The number of aliphatic hydroxyl groups excluding tert-OH is 1. The van der Waals surface area contributed by atoms with Crippen LogP contribution in [0.15, 0.2) is 49.3 Å². The topological polar surface area (TPSA) is 76.2 Å². The van der Waals surface area contributed by atoms with E-state index >= 15 is 0 Å². The number of aryl methyl sites for hydroxylation is 1. The van der Waals surface area contributed by atoms with Gasteiger partial charge in [-0.25, -0.2) is 9.97 Å². The maximum Gasteiger partial charge on any atom is 0.224 e. The van der Waals surface area contributed by atoms with Crippen LogP contribution in [0.25, 0.3) is 11.0 Å². The van der Waals surface area contributed by atoms with Gasteiger partial charge in [-0.2, -0.15) is 0 Å². The molecule has 1 aliphatic rings. The largest absolute Gasteiger partial charge is 0.391 e. The molecule has 4 rings (SSSR count). The quantitative estimate of drug-likeness (QED) is 0.777. The Kier molecular flexibility index (Phi) is 4.71. The Labute approximate surface area is 151 Å². The van der Waals surface area contributed by atoms with Crippen LogP contribution < -0.4 is 0 Å². The van der Waals surface area contributed by atoms with Gasteiger partial charge in [0.05, 0.1) is 35.8 Å². The number of carbonyl (C=O) groups excluding carboxylic acids is 1. The fourth-order valence-corrected chi connectivity index (χ4v) is 3.70. The molecule has 1 amide bonds. The Morgan fingerprint density at radius 1 is 1.19 bits per heavy atom. The maximum atomic E-state index is 12.7. The number of aromatic nitrogens is 4. The number of hydrogen-bond acceptors (Lipinski definition) is 4. The summed E-state index contributed by atoms with van der Waals surface area (Å²) in [5, 5.41) is 10.4. The highest BCUT2D eigenvalue weighted by Crippen LogP contribution is 2.23. The van der Waals surface area contributed by atoms with E-state index in [-0.39, 0.29) is 11.9 Å². The highest BCUT2D eigenvalue weighted by atomic mass is 16.3. The number of likely N-dealkylation sites (tertiary alicyclic amines) is 1. The first-order chi connectivity index (χ1) is 12.7. The van der Waals surface area contributed by atoms with Crippen molar-refractivity contribution in [3.05, 3.63) is 49.3 Å². The minimum Gasteiger partial charge on any atom is -0.391 e. The van der Waals surface area contributed by atoms with E-state index in [4.69, 9.17) is 0 Å². The first-order valence-electron chi connectivity index (χ1n) is 9.05. The summed E-state index contributed by atoms with van der Waals surface area (Å²) < 4.78 is 3.96. The van der Waals surface area contributed by atoms with E-state index in [2.05, 4.69) is 9.97 Å². The van der Waals surface area contributed by atoms with Crippen LogP contribution in [0.4, 0.5) is 0 Å². The van der Waals surface area contributed by atoms with Crippen LogP contribution in [0, 0.1) is 0 Å². The summed E-state index contributed by atoms with van der Waals surface area (Å²) in [6.45, 7) is 1.86. The second-order valence-electron chi connectivity index (χ2n) is 6.78. The normalized spacial score (nSPS) is 21.0. The molecule has 0 aliphatic carbocycles. The van der Waals surface area contributed by atoms with Crippen molar-refractivity contribution in [2.45, 2.75) is 38.0 Å². The number of para-hydroxylation sites is 2. The highest BCUT2D eigenvalue weighted by molar-refractivity contribution is 5.77. The van der Waals surface area contributed by atoms with Gasteiger partial charge in [0.25, 0.3) is 0 Å². The smallest absolute Gasteiger partial charge is 0.224 e. The molecule has 1 saturated heterocycles. The van der Waals surface area contributed by atoms with Crippen LogP contribution in [-0.2, 0) is 11.3 Å². The zero-order valence-corrected chi connectivity index (χ0v) is 14.6. The Hall–Kier alpha value is -2.67. The van der Waals surface area contributed by atoms with Crippen molar-refractivity contribution in [2.24, 2.45) is 0 Å². The third-order valence-electron chi connectivity index (χ3n) is 5.19. The van der Waals surface area contributed by atoms with Gasteiger partial charge in [0.15, 0.2) is 0 Å². The van der Waals surface area contributed by atoms with Crippen molar-refractivity contribution >= 4 is 16.9 Å². The first-order valence-corrected chi connectivity index (χ1v) is 9.05. The molecule has 2 atom stereocenters. The number of nitrogens with zero attached hydrogens (tertiary/aromatic N) is 5. The molecule has 2 aromatic heterocycles. The molecule has 0 saturated carbocycles. The maximum absolute atomic E-state index is 12.7. The number of aliphatic hydroxyl groups is 1. The molecule has 7 nitrogen and oxygen atoms in total. The second kappa shape index (κ2) is 7.29. The van der Waals surface area contributed by atoms with Crippen LogP contribution in [0.2, 0.25) is 0 Å². The van der Waals surface area contributed by atoms with E-state index < -0.39 is 6.10 Å². The molecule has 0 bridgehead atoms. The summed E-state index contributed by atoms with van der Waals surface area (Å²) in [6, 6.07) is 7.91. The van der Waals surface area contributed by atoms with Gasteiger partial charge < -0.3 is 19.1 Å². The van der Waals surface area contributed by atoms with Gasteiger partial charge in [0, 0.05) is 38.4 Å². The molecule has 1 N–H and O–H groups in total. The number of carbonyl (C=O) groups is 1. The molecule has 1 aliphatic heterocycles. The molecule has 0 radical (unpaired) electrons. The van der Waals surface area contributed by atoms with Crippen LogP contribution in [0.3, 0.4) is 0 Å². The third-order valence-corrected chi connectivity index (χ3v) is 5.19. The summed E-state index contributed by atoms with van der Waals surface area (Å²) in [6.07, 6.45) is 8.41. The number of fused-ring (bicyclic) bond motifs is 1. The van der Waals surface area contributed by atoms with E-state index in [1.807, 2.05) is 44.5 Å². The average Bonchev–Trinajstić information content (AvgIpc) is 3.28. The molecule has 3 aromatic rings. The van der Waals surface area contributed by atoms with Gasteiger partial charge in [0.1, 0.15) is 0 Å². The van der Waals surface area contributed by atoms with Gasteiger partial charge in [0.2, 0.25) is 5.91 Å². The molecule has 0 spiro atoms. The standard InChI is InChI=1S/C19H23N5O2/c25-18-6-10-22(9-5-17(18)24-12-8-20-13-24)19(26)7-11-23-14-21-15-3-1-2-4-16(15)23/h1-4,8,12-14,17-18,25H,5-7,9-11H2/t17-,18-/m0/s1. The number of hydrogen-bond donors (Lipinski definition) is 1. The minimum atomic E-state index is -0.459. The lowest BCUT2D eigenvalue weighted by molar-refractivity contribution is -0.131. The first kappa shape index (κ1) is 16.8. The highest BCUT2D eigenvalue weighted by Gasteiger charge is 2.27. The average molecular weight is 353 g/mol. The lowest BCUT2D eigenvalue weighted by atomic mass is 10.1. The molecular weight excluding hydrogens is 330 g/mol. The van der Waals surface area contributed by atoms with E-state index in [9.17, 15) is 9.90 Å². The SMILES string of the molecule is O=C(CCn1cnc2ccccc21)N1CC[C@H](O)[C@@H](n2ccnc2)CC1. The summed E-state index contributed by atoms with van der Waals surface area (Å²) in [5.41, 5.74) is 1.99. The van der Waals surface area contributed by atoms with E-state index in [0.29, 0.717) is 32.5 Å². The molecule has 136 valence electrons. The number of amides is 1. The lowest BCUT2D eigenvalue weighted by Crippen LogP contribution is -2.32. The number of imidazole rings is 2. The molecule has 0 unspecified atom stereocenters. The van der Waals surface area contributed by atoms with E-state index in [0.717, 1.165) is 17.5 Å². The molecular formula is C19H23N5O2. The fraction of sp³-hybridized carbons (Fsp3) is 0.421. The Morgan fingerprint density at radius 3 is 2.88 bits per heavy atom. The third kappa shape index (κ3) is 3.35. The van der Waals surface area contributed by atoms with Gasteiger partial charge >= 0.3 is 0 Å². The van der Waals surface area contributed by atoms with Gasteiger partial charge in [-0.15, -0.1) is 0 Å². The summed E-state index contributed by atoms with van der Waals surface area (Å²) in [7, 11) is 0. The van der Waals surface area contributed by atoms with Crippen LogP contribution in [0.5, 0.6) is 0 Å². The number of rotatable bonds is 4. The van der Waals surface area contributed by atoms with E-state index in [1.54, 1.807) is 18.9 Å². The predicted molar refractivity (Wildman–Crippen MR) is 97.4 cm³/mol. The van der Waals surface area contributed by atoms with Gasteiger partial charge in [-0.1, -0.05) is 12.1 Å². The van der Waals surface area contributed by atoms with Crippen LogP contribution in [-0.4, -0.2) is 54.2 Å². The molecule has 1 aromatic carbocycles. The second-order valence-corrected chi connectivity index (χ2v) is 6.78. The summed E-state index contributed by atoms with van der Waals surface area (Å²) in [4.78, 5) is 23.0. The van der Waals surface area contributed by atoms with Crippen molar-refractivity contribution in [1.29, 1.82) is 0 Å². The van der Waals surface area contributed by atoms with Crippen molar-refractivity contribution in [1.82, 2.24) is 24.0 Å². The summed E-state index contributed by atoms with van der Waals surface area (Å²) >= 11 is 0. The fourth-order valence-electron chi connectivity index (χ4n) is 3.70. The molecule has 26 heavy (non-hydrogen) atoms.